The first-order valence-corrected chi connectivity index (χ1v) is 12.1. The number of nitrogens with zero attached hydrogens (tertiary/aromatic N) is 1. The summed E-state index contributed by atoms with van der Waals surface area (Å²) in [6, 6.07) is 17.7. The van der Waals surface area contributed by atoms with Crippen molar-refractivity contribution in [3.05, 3.63) is 77.3 Å². The maximum Gasteiger partial charge on any atom is 0.243 e. The highest BCUT2D eigenvalue weighted by atomic mass is 32.1. The lowest BCUT2D eigenvalue weighted by Gasteiger charge is -2.13. The Hall–Kier alpha value is -4.57. The smallest absolute Gasteiger partial charge is 0.243 e. The third kappa shape index (κ3) is 5.81. The summed E-state index contributed by atoms with van der Waals surface area (Å²) in [5.74, 6) is 0.729. The lowest BCUT2D eigenvalue weighted by atomic mass is 10.1. The molecule has 0 fully saturated rings. The summed E-state index contributed by atoms with van der Waals surface area (Å²) in [5.41, 5.74) is 9.25. The topological polar surface area (TPSA) is 125 Å². The minimum absolute atomic E-state index is 0.0817. The van der Waals surface area contributed by atoms with Gasteiger partial charge in [-0.25, -0.2) is 4.98 Å². The standard InChI is InChI=1S/C27H26N4O5S/c1-34-22-12-17(13-23(35-2)26(22)36-3)25(33)21-15-37-27(31-21)16-8-10-18(11-9-16)29-14-24(32)30-20-7-5-4-6-19(20)28/h4-13,15,29H,14,28H2,1-3H3,(H,30,32). The van der Waals surface area contributed by atoms with Gasteiger partial charge in [0.2, 0.25) is 17.4 Å². The van der Waals surface area contributed by atoms with Crippen molar-refractivity contribution in [3.8, 4) is 27.8 Å². The Morgan fingerprint density at radius 1 is 0.946 bits per heavy atom. The first-order valence-electron chi connectivity index (χ1n) is 11.2. The molecular weight excluding hydrogens is 492 g/mol. The quantitative estimate of drug-likeness (QED) is 0.204. The molecule has 0 unspecified atom stereocenters. The predicted octanol–water partition coefficient (Wildman–Crippen LogP) is 4.70. The summed E-state index contributed by atoms with van der Waals surface area (Å²) in [6.45, 7) is 0.0817. The number of anilines is 3. The molecule has 0 aliphatic carbocycles. The first-order chi connectivity index (χ1) is 17.9. The lowest BCUT2D eigenvalue weighted by molar-refractivity contribution is -0.114. The van der Waals surface area contributed by atoms with Gasteiger partial charge in [-0.15, -0.1) is 11.3 Å². The van der Waals surface area contributed by atoms with Crippen molar-refractivity contribution in [1.29, 1.82) is 0 Å². The number of hydrogen-bond acceptors (Lipinski definition) is 9. The number of para-hydroxylation sites is 2. The van der Waals surface area contributed by atoms with Gasteiger partial charge >= 0.3 is 0 Å². The van der Waals surface area contributed by atoms with Gasteiger partial charge in [-0.3, -0.25) is 9.59 Å². The molecule has 190 valence electrons. The third-order valence-corrected chi connectivity index (χ3v) is 6.37. The number of nitrogens with one attached hydrogen (secondary N) is 2. The minimum Gasteiger partial charge on any atom is -0.493 e. The summed E-state index contributed by atoms with van der Waals surface area (Å²) in [4.78, 5) is 29.9. The van der Waals surface area contributed by atoms with Crippen LogP contribution in [-0.2, 0) is 4.79 Å². The molecule has 10 heteroatoms. The predicted molar refractivity (Wildman–Crippen MR) is 145 cm³/mol. The zero-order valence-electron chi connectivity index (χ0n) is 20.5. The van der Waals surface area contributed by atoms with Crippen molar-refractivity contribution in [3.63, 3.8) is 0 Å². The van der Waals surface area contributed by atoms with E-state index in [-0.39, 0.29) is 18.2 Å². The van der Waals surface area contributed by atoms with E-state index in [4.69, 9.17) is 19.9 Å². The second kappa shape index (κ2) is 11.4. The molecule has 1 aromatic heterocycles. The molecule has 0 aliphatic heterocycles. The molecule has 0 radical (unpaired) electrons. The average molecular weight is 519 g/mol. The molecule has 37 heavy (non-hydrogen) atoms. The number of carbonyl (C=O) groups excluding carboxylic acids is 2. The van der Waals surface area contributed by atoms with Crippen LogP contribution in [0.1, 0.15) is 16.1 Å². The number of methoxy groups -OCH3 is 3. The summed E-state index contributed by atoms with van der Waals surface area (Å²) in [7, 11) is 4.50. The SMILES string of the molecule is COc1cc(C(=O)c2csc(-c3ccc(NCC(=O)Nc4ccccc4N)cc3)n2)cc(OC)c1OC. The van der Waals surface area contributed by atoms with Crippen molar-refractivity contribution in [1.82, 2.24) is 4.98 Å². The van der Waals surface area contributed by atoms with Crippen LogP contribution >= 0.6 is 11.3 Å². The third-order valence-electron chi connectivity index (χ3n) is 5.48. The number of nitrogens with two attached hydrogens (primary N) is 1. The molecule has 1 heterocycles. The molecule has 4 aromatic rings. The molecule has 0 spiro atoms. The molecule has 4 rings (SSSR count). The summed E-state index contributed by atoms with van der Waals surface area (Å²) in [5, 5.41) is 8.27. The van der Waals surface area contributed by atoms with Crippen LogP contribution in [0.25, 0.3) is 10.6 Å². The second-order valence-electron chi connectivity index (χ2n) is 7.85. The van der Waals surface area contributed by atoms with Gasteiger partial charge in [0.05, 0.1) is 39.2 Å². The van der Waals surface area contributed by atoms with E-state index in [9.17, 15) is 9.59 Å². The minimum atomic E-state index is -0.259. The van der Waals surface area contributed by atoms with Gasteiger partial charge in [-0.1, -0.05) is 12.1 Å². The van der Waals surface area contributed by atoms with Crippen molar-refractivity contribution < 1.29 is 23.8 Å². The highest BCUT2D eigenvalue weighted by molar-refractivity contribution is 7.13. The number of amides is 1. The first kappa shape index (κ1) is 25.5. The van der Waals surface area contributed by atoms with E-state index < -0.39 is 0 Å². The molecule has 3 aromatic carbocycles. The number of ketones is 1. The zero-order chi connectivity index (χ0) is 26.4. The van der Waals surface area contributed by atoms with E-state index in [1.54, 1.807) is 41.8 Å². The maximum atomic E-state index is 13.1. The monoisotopic (exact) mass is 518 g/mol. The van der Waals surface area contributed by atoms with Gasteiger partial charge in [0, 0.05) is 22.2 Å². The summed E-state index contributed by atoms with van der Waals surface area (Å²) in [6.07, 6.45) is 0. The van der Waals surface area contributed by atoms with E-state index in [1.807, 2.05) is 24.3 Å². The van der Waals surface area contributed by atoms with Crippen LogP contribution in [0.15, 0.2) is 66.0 Å². The van der Waals surface area contributed by atoms with Gasteiger partial charge in [0.1, 0.15) is 10.7 Å². The van der Waals surface area contributed by atoms with Crippen LogP contribution in [-0.4, -0.2) is 44.5 Å². The van der Waals surface area contributed by atoms with Gasteiger partial charge in [-0.2, -0.15) is 0 Å². The van der Waals surface area contributed by atoms with Crippen molar-refractivity contribution in [2.24, 2.45) is 0 Å². The number of nitrogen functional groups attached to an aromatic ring is 1. The molecule has 9 nitrogen and oxygen atoms in total. The number of benzene rings is 3. The maximum absolute atomic E-state index is 13.1. The number of ether oxygens (including phenoxy) is 3. The molecule has 0 saturated heterocycles. The molecule has 1 amide bonds. The van der Waals surface area contributed by atoms with Crippen LogP contribution < -0.4 is 30.6 Å². The number of carbonyl (C=O) groups is 2. The van der Waals surface area contributed by atoms with E-state index >= 15 is 0 Å². The summed E-state index contributed by atoms with van der Waals surface area (Å²) >= 11 is 1.36. The lowest BCUT2D eigenvalue weighted by Crippen LogP contribution is -2.22. The Kier molecular flexibility index (Phi) is 7.89. The van der Waals surface area contributed by atoms with Crippen molar-refractivity contribution >= 4 is 40.1 Å². The summed E-state index contributed by atoms with van der Waals surface area (Å²) < 4.78 is 16.0. The Balaban J connectivity index is 1.42. The average Bonchev–Trinajstić information content (AvgIpc) is 3.42. The number of hydrogen-bond donors (Lipinski definition) is 3. The van der Waals surface area contributed by atoms with Crippen LogP contribution in [0.2, 0.25) is 0 Å². The molecule has 0 aliphatic rings. The van der Waals surface area contributed by atoms with Crippen molar-refractivity contribution in [2.75, 3.05) is 44.2 Å². The van der Waals surface area contributed by atoms with Crippen LogP contribution in [0, 0.1) is 0 Å². The van der Waals surface area contributed by atoms with Crippen molar-refractivity contribution in [2.45, 2.75) is 0 Å². The second-order valence-corrected chi connectivity index (χ2v) is 8.71. The highest BCUT2D eigenvalue weighted by Gasteiger charge is 2.20. The number of thiazole rings is 1. The zero-order valence-corrected chi connectivity index (χ0v) is 21.3. The van der Waals surface area contributed by atoms with Gasteiger partial charge in [-0.05, 0) is 48.5 Å². The van der Waals surface area contributed by atoms with Gasteiger partial charge in [0.25, 0.3) is 0 Å². The Morgan fingerprint density at radius 3 is 2.24 bits per heavy atom. The Morgan fingerprint density at radius 2 is 1.62 bits per heavy atom. The van der Waals surface area contributed by atoms with Crippen LogP contribution in [0.4, 0.5) is 17.1 Å². The van der Waals surface area contributed by atoms with Crippen LogP contribution in [0.3, 0.4) is 0 Å². The fourth-order valence-electron chi connectivity index (χ4n) is 3.59. The Labute approximate surface area is 218 Å². The normalized spacial score (nSPS) is 10.5. The molecule has 4 N–H and O–H groups in total. The van der Waals surface area contributed by atoms with Gasteiger partial charge in [0.15, 0.2) is 11.5 Å². The molecule has 0 saturated carbocycles. The van der Waals surface area contributed by atoms with Gasteiger partial charge < -0.3 is 30.6 Å². The largest absolute Gasteiger partial charge is 0.493 e. The molecular formula is C27H26N4O5S. The van der Waals surface area contributed by atoms with E-state index in [1.165, 1.54) is 32.7 Å². The number of rotatable bonds is 10. The molecule has 0 atom stereocenters. The van der Waals surface area contributed by atoms with E-state index in [0.29, 0.717) is 44.9 Å². The Bertz CT molecular complexity index is 1390. The highest BCUT2D eigenvalue weighted by Crippen LogP contribution is 2.39. The number of aromatic nitrogens is 1. The fraction of sp³-hybridized carbons (Fsp3) is 0.148. The van der Waals surface area contributed by atoms with E-state index in [2.05, 4.69) is 15.6 Å². The fourth-order valence-corrected chi connectivity index (χ4v) is 4.40. The van der Waals surface area contributed by atoms with E-state index in [0.717, 1.165) is 11.3 Å². The molecule has 0 bridgehead atoms. The van der Waals surface area contributed by atoms with Crippen LogP contribution in [0.5, 0.6) is 17.2 Å².